The lowest BCUT2D eigenvalue weighted by atomic mass is 10.2. The van der Waals surface area contributed by atoms with Crippen molar-refractivity contribution < 1.29 is 4.39 Å². The second-order valence-electron chi connectivity index (χ2n) is 4.36. The zero-order chi connectivity index (χ0) is 12.0. The molecule has 0 atom stereocenters. The summed E-state index contributed by atoms with van der Waals surface area (Å²) in [4.78, 5) is 5.97. The maximum Gasteiger partial charge on any atom is 0.141 e. The van der Waals surface area contributed by atoms with Gasteiger partial charge in [0.1, 0.15) is 5.82 Å². The van der Waals surface area contributed by atoms with E-state index >= 15 is 0 Å². The van der Waals surface area contributed by atoms with Gasteiger partial charge >= 0.3 is 0 Å². The summed E-state index contributed by atoms with van der Waals surface area (Å²) >= 11 is 0. The van der Waals surface area contributed by atoms with Crippen LogP contribution in [0.5, 0.6) is 0 Å². The van der Waals surface area contributed by atoms with Gasteiger partial charge in [0.15, 0.2) is 0 Å². The normalized spacial score (nSPS) is 11.4. The topological polar surface area (TPSA) is 28.2 Å². The molecule has 0 saturated carbocycles. The molecule has 0 aromatic carbocycles. The summed E-state index contributed by atoms with van der Waals surface area (Å²) in [6.45, 7) is 6.85. The van der Waals surface area contributed by atoms with Crippen molar-refractivity contribution in [3.8, 4) is 0 Å². The van der Waals surface area contributed by atoms with Gasteiger partial charge < -0.3 is 10.2 Å². The summed E-state index contributed by atoms with van der Waals surface area (Å²) in [6.07, 6.45) is 2.93. The van der Waals surface area contributed by atoms with Gasteiger partial charge in [-0.25, -0.2) is 4.39 Å². The van der Waals surface area contributed by atoms with Crippen molar-refractivity contribution in [2.75, 3.05) is 20.1 Å². The van der Waals surface area contributed by atoms with Gasteiger partial charge in [-0.15, -0.1) is 0 Å². The number of hydrogen-bond donors (Lipinski definition) is 1. The monoisotopic (exact) mass is 225 g/mol. The largest absolute Gasteiger partial charge is 0.313 e. The zero-order valence-corrected chi connectivity index (χ0v) is 10.2. The first-order valence-corrected chi connectivity index (χ1v) is 5.59. The van der Waals surface area contributed by atoms with Crippen LogP contribution in [0.15, 0.2) is 18.5 Å². The van der Waals surface area contributed by atoms with Gasteiger partial charge in [-0.05, 0) is 18.7 Å². The molecule has 1 heterocycles. The lowest BCUT2D eigenvalue weighted by molar-refractivity contribution is 0.319. The van der Waals surface area contributed by atoms with E-state index in [2.05, 4.69) is 29.0 Å². The molecule has 90 valence electrons. The number of halogens is 1. The number of hydrogen-bond acceptors (Lipinski definition) is 3. The minimum Gasteiger partial charge on any atom is -0.313 e. The van der Waals surface area contributed by atoms with Crippen LogP contribution in [0.3, 0.4) is 0 Å². The van der Waals surface area contributed by atoms with Gasteiger partial charge in [-0.1, -0.05) is 13.8 Å². The summed E-state index contributed by atoms with van der Waals surface area (Å²) < 4.78 is 12.9. The predicted molar refractivity (Wildman–Crippen MR) is 63.7 cm³/mol. The highest BCUT2D eigenvalue weighted by atomic mass is 19.1. The van der Waals surface area contributed by atoms with E-state index in [1.54, 1.807) is 6.20 Å². The Labute approximate surface area is 96.7 Å². The third-order valence-corrected chi connectivity index (χ3v) is 2.26. The number of nitrogens with one attached hydrogen (secondary N) is 1. The average Bonchev–Trinajstić information content (AvgIpc) is 2.16. The number of rotatable bonds is 6. The van der Waals surface area contributed by atoms with Crippen molar-refractivity contribution >= 4 is 0 Å². The molecular weight excluding hydrogens is 205 g/mol. The van der Waals surface area contributed by atoms with Crippen LogP contribution < -0.4 is 5.32 Å². The van der Waals surface area contributed by atoms with Crippen LogP contribution in [0.25, 0.3) is 0 Å². The fourth-order valence-corrected chi connectivity index (χ4v) is 1.48. The second-order valence-corrected chi connectivity index (χ2v) is 4.36. The minimum atomic E-state index is -0.272. The SMILES string of the molecule is CC(C)NCCN(C)Cc1cncc(F)c1. The van der Waals surface area contributed by atoms with Gasteiger partial charge in [0, 0.05) is 31.9 Å². The summed E-state index contributed by atoms with van der Waals surface area (Å²) in [7, 11) is 2.02. The van der Waals surface area contributed by atoms with E-state index in [-0.39, 0.29) is 5.82 Å². The zero-order valence-electron chi connectivity index (χ0n) is 10.2. The lowest BCUT2D eigenvalue weighted by Crippen LogP contribution is -2.32. The third-order valence-electron chi connectivity index (χ3n) is 2.26. The molecule has 1 aromatic rings. The summed E-state index contributed by atoms with van der Waals surface area (Å²) in [6, 6.07) is 2.03. The Morgan fingerprint density at radius 1 is 1.44 bits per heavy atom. The molecule has 3 nitrogen and oxygen atoms in total. The average molecular weight is 225 g/mol. The molecule has 4 heteroatoms. The number of nitrogens with zero attached hydrogens (tertiary/aromatic N) is 2. The molecular formula is C12H20FN3. The molecule has 0 unspecified atom stereocenters. The van der Waals surface area contributed by atoms with Gasteiger partial charge in [0.25, 0.3) is 0 Å². The Morgan fingerprint density at radius 3 is 2.81 bits per heavy atom. The molecule has 0 amide bonds. The van der Waals surface area contributed by atoms with E-state index in [1.165, 1.54) is 12.3 Å². The first-order chi connectivity index (χ1) is 7.58. The lowest BCUT2D eigenvalue weighted by Gasteiger charge is -2.17. The summed E-state index contributed by atoms with van der Waals surface area (Å²) in [5, 5.41) is 3.34. The van der Waals surface area contributed by atoms with Crippen LogP contribution in [0, 0.1) is 5.82 Å². The fourth-order valence-electron chi connectivity index (χ4n) is 1.48. The highest BCUT2D eigenvalue weighted by molar-refractivity contribution is 5.09. The predicted octanol–water partition coefficient (Wildman–Crippen LogP) is 1.65. The molecule has 1 N–H and O–H groups in total. The van der Waals surface area contributed by atoms with Gasteiger partial charge in [0.2, 0.25) is 0 Å². The quantitative estimate of drug-likeness (QED) is 0.798. The highest BCUT2D eigenvalue weighted by Crippen LogP contribution is 2.03. The van der Waals surface area contributed by atoms with Gasteiger partial charge in [0.05, 0.1) is 6.20 Å². The smallest absolute Gasteiger partial charge is 0.141 e. The van der Waals surface area contributed by atoms with Crippen molar-refractivity contribution in [2.45, 2.75) is 26.4 Å². The van der Waals surface area contributed by atoms with E-state index in [9.17, 15) is 4.39 Å². The molecule has 1 rings (SSSR count). The molecule has 0 spiro atoms. The molecule has 0 aliphatic carbocycles. The van der Waals surface area contributed by atoms with Crippen LogP contribution in [0.1, 0.15) is 19.4 Å². The van der Waals surface area contributed by atoms with Crippen molar-refractivity contribution in [3.05, 3.63) is 29.8 Å². The molecule has 0 saturated heterocycles. The van der Waals surface area contributed by atoms with Crippen LogP contribution in [-0.4, -0.2) is 36.1 Å². The van der Waals surface area contributed by atoms with Crippen molar-refractivity contribution in [2.24, 2.45) is 0 Å². The number of aromatic nitrogens is 1. The van der Waals surface area contributed by atoms with Crippen molar-refractivity contribution in [1.82, 2.24) is 15.2 Å². The molecule has 0 bridgehead atoms. The summed E-state index contributed by atoms with van der Waals surface area (Å²) in [5.74, 6) is -0.272. The molecule has 16 heavy (non-hydrogen) atoms. The second kappa shape index (κ2) is 6.55. The van der Waals surface area contributed by atoms with Crippen LogP contribution in [0.4, 0.5) is 4.39 Å². The number of pyridine rings is 1. The first-order valence-electron chi connectivity index (χ1n) is 5.59. The van der Waals surface area contributed by atoms with Crippen LogP contribution >= 0.6 is 0 Å². The Morgan fingerprint density at radius 2 is 2.19 bits per heavy atom. The maximum atomic E-state index is 12.9. The molecule has 0 fully saturated rings. The number of likely N-dealkylation sites (N-methyl/N-ethyl adjacent to an activating group) is 1. The first kappa shape index (κ1) is 13.1. The molecule has 0 aliphatic heterocycles. The maximum absolute atomic E-state index is 12.9. The Bertz CT molecular complexity index is 315. The molecule has 0 aliphatic rings. The van der Waals surface area contributed by atoms with E-state index in [1.807, 2.05) is 7.05 Å². The van der Waals surface area contributed by atoms with Crippen molar-refractivity contribution in [1.29, 1.82) is 0 Å². The molecule has 1 aromatic heterocycles. The molecule has 0 radical (unpaired) electrons. The Hall–Kier alpha value is -1.00. The van der Waals surface area contributed by atoms with Crippen molar-refractivity contribution in [3.63, 3.8) is 0 Å². The standard InChI is InChI=1S/C12H20FN3/c1-10(2)15-4-5-16(3)9-11-6-12(13)8-14-7-11/h6-8,10,15H,4-5,9H2,1-3H3. The third kappa shape index (κ3) is 5.19. The van der Waals surface area contributed by atoms with E-state index in [0.29, 0.717) is 6.04 Å². The van der Waals surface area contributed by atoms with E-state index < -0.39 is 0 Å². The van der Waals surface area contributed by atoms with Gasteiger partial charge in [-0.2, -0.15) is 0 Å². The van der Waals surface area contributed by atoms with Crippen LogP contribution in [-0.2, 0) is 6.54 Å². The summed E-state index contributed by atoms with van der Waals surface area (Å²) in [5.41, 5.74) is 0.909. The Balaban J connectivity index is 2.31. The van der Waals surface area contributed by atoms with Gasteiger partial charge in [-0.3, -0.25) is 4.98 Å². The minimum absolute atomic E-state index is 0.272. The van der Waals surface area contributed by atoms with E-state index in [0.717, 1.165) is 25.2 Å². The van der Waals surface area contributed by atoms with E-state index in [4.69, 9.17) is 0 Å². The fraction of sp³-hybridized carbons (Fsp3) is 0.583. The van der Waals surface area contributed by atoms with Crippen LogP contribution in [0.2, 0.25) is 0 Å². The Kier molecular flexibility index (Phi) is 5.35. The highest BCUT2D eigenvalue weighted by Gasteiger charge is 2.02.